The number of aryl methyl sites for hydroxylation is 1. The van der Waals surface area contributed by atoms with Gasteiger partial charge in [-0.1, -0.05) is 50.3 Å². The first-order chi connectivity index (χ1) is 14.8. The maximum Gasteiger partial charge on any atom is 0.331 e. The molecule has 0 saturated heterocycles. The Labute approximate surface area is 186 Å². The number of hydrogen-bond acceptors (Lipinski definition) is 1. The summed E-state index contributed by atoms with van der Waals surface area (Å²) >= 11 is 5.40. The van der Waals surface area contributed by atoms with Crippen LogP contribution in [0.5, 0.6) is 0 Å². The molecule has 0 spiro atoms. The van der Waals surface area contributed by atoms with Crippen LogP contribution in [0.25, 0.3) is 23.1 Å². The predicted molar refractivity (Wildman–Crippen MR) is 124 cm³/mol. The second kappa shape index (κ2) is 7.97. The number of para-hydroxylation sites is 3. The van der Waals surface area contributed by atoms with E-state index in [0.717, 1.165) is 11.2 Å². The van der Waals surface area contributed by atoms with Crippen LogP contribution in [0.2, 0.25) is 0 Å². The average Bonchev–Trinajstić information content (AvgIpc) is 3.17. The van der Waals surface area contributed by atoms with Crippen molar-refractivity contribution >= 4 is 40.3 Å². The van der Waals surface area contributed by atoms with Gasteiger partial charge in [0.25, 0.3) is 11.1 Å². The molecule has 1 aliphatic heterocycles. The molecule has 3 nitrogen and oxygen atoms in total. The molecule has 160 valence electrons. The fourth-order valence-electron chi connectivity index (χ4n) is 4.56. The molecule has 1 aromatic heterocycles. The van der Waals surface area contributed by atoms with E-state index in [-0.39, 0.29) is 5.41 Å². The molecule has 3 aromatic rings. The third kappa shape index (κ3) is 3.37. The Balaban J connectivity index is 1.85. The van der Waals surface area contributed by atoms with Crippen molar-refractivity contribution in [3.05, 3.63) is 83.1 Å². The van der Waals surface area contributed by atoms with Crippen molar-refractivity contribution in [1.29, 1.82) is 0 Å². The van der Waals surface area contributed by atoms with Gasteiger partial charge in [0, 0.05) is 29.9 Å². The zero-order chi connectivity index (χ0) is 22.3. The van der Waals surface area contributed by atoms with Crippen LogP contribution in [-0.2, 0) is 12.0 Å². The van der Waals surface area contributed by atoms with E-state index in [4.69, 9.17) is 11.6 Å². The lowest BCUT2D eigenvalue weighted by Gasteiger charge is -2.23. The molecule has 31 heavy (non-hydrogen) atoms. The van der Waals surface area contributed by atoms with Gasteiger partial charge >= 0.3 is 5.95 Å². The fraction of sp³-hybridized carbons (Fsp3) is 0.240. The van der Waals surface area contributed by atoms with Gasteiger partial charge in [-0.15, -0.1) is 0 Å². The number of aromatic nitrogens is 2. The molecule has 0 unspecified atom stereocenters. The predicted octanol–water partition coefficient (Wildman–Crippen LogP) is 6.53. The van der Waals surface area contributed by atoms with Gasteiger partial charge in [0.15, 0.2) is 11.0 Å². The summed E-state index contributed by atoms with van der Waals surface area (Å²) in [6.45, 7) is 6.93. The van der Waals surface area contributed by atoms with E-state index in [0.29, 0.717) is 17.9 Å². The summed E-state index contributed by atoms with van der Waals surface area (Å²) in [5.41, 5.74) is 4.73. The quantitative estimate of drug-likeness (QED) is 0.420. The number of hydrogen-bond donors (Lipinski definition) is 0. The third-order valence-corrected chi connectivity index (χ3v) is 6.18. The maximum atomic E-state index is 14.8. The second-order valence-electron chi connectivity index (χ2n) is 8.09. The lowest BCUT2D eigenvalue weighted by molar-refractivity contribution is -0.670. The van der Waals surface area contributed by atoms with Crippen molar-refractivity contribution in [3.63, 3.8) is 0 Å². The summed E-state index contributed by atoms with van der Waals surface area (Å²) in [6, 6.07) is 15.6. The standard InChI is InChI=1S/C25H25ClF2N3/c1-5-30-19-13-8-9-14-20(19)31(24(28)23(26)27)22(30)16-10-15-21-25(2,3)17-11-6-7-12-18(17)29(21)4/h6-16H,5H2,1-4H3/q+1/b24-23+. The second-order valence-corrected chi connectivity index (χ2v) is 8.42. The molecule has 0 amide bonds. The maximum absolute atomic E-state index is 14.8. The minimum atomic E-state index is -1.37. The van der Waals surface area contributed by atoms with Crippen molar-refractivity contribution in [2.24, 2.45) is 0 Å². The molecule has 2 aromatic carbocycles. The van der Waals surface area contributed by atoms with Gasteiger partial charge < -0.3 is 4.90 Å². The van der Waals surface area contributed by atoms with Crippen LogP contribution in [0.15, 0.2) is 71.7 Å². The Morgan fingerprint density at radius 2 is 1.77 bits per heavy atom. The van der Waals surface area contributed by atoms with Crippen molar-refractivity contribution in [2.75, 3.05) is 11.9 Å². The van der Waals surface area contributed by atoms with E-state index in [9.17, 15) is 8.78 Å². The van der Waals surface area contributed by atoms with E-state index in [2.05, 4.69) is 30.9 Å². The molecule has 0 radical (unpaired) electrons. The SMILES string of the molecule is CC[n+]1c(/C=C/C=C2\N(C)c3ccccc3C2(C)C)n(/C(F)=C(/F)Cl)c2ccccc21. The number of imidazole rings is 1. The van der Waals surface area contributed by atoms with Crippen LogP contribution in [0, 0.1) is 0 Å². The fourth-order valence-corrected chi connectivity index (χ4v) is 4.65. The van der Waals surface area contributed by atoms with Gasteiger partial charge in [-0.25, -0.2) is 4.57 Å². The summed E-state index contributed by atoms with van der Waals surface area (Å²) in [6.07, 6.45) is 5.71. The van der Waals surface area contributed by atoms with Gasteiger partial charge in [0.1, 0.15) is 0 Å². The Hall–Kier alpha value is -2.92. The van der Waals surface area contributed by atoms with Gasteiger partial charge in [-0.3, -0.25) is 0 Å². The molecule has 0 aliphatic carbocycles. The van der Waals surface area contributed by atoms with Gasteiger partial charge in [-0.05, 0) is 48.4 Å². The molecule has 0 N–H and O–H groups in total. The Kier molecular flexibility index (Phi) is 5.48. The van der Waals surface area contributed by atoms with Crippen molar-refractivity contribution < 1.29 is 13.3 Å². The smallest absolute Gasteiger partial charge is 0.331 e. The zero-order valence-electron chi connectivity index (χ0n) is 18.0. The van der Waals surface area contributed by atoms with Crippen LogP contribution in [-0.4, -0.2) is 11.6 Å². The molecular formula is C25H25ClF2N3+. The van der Waals surface area contributed by atoms with Crippen molar-refractivity contribution in [2.45, 2.75) is 32.7 Å². The highest BCUT2D eigenvalue weighted by Gasteiger charge is 2.37. The van der Waals surface area contributed by atoms with Crippen LogP contribution in [0.3, 0.4) is 0 Å². The Bertz CT molecular complexity index is 1250. The summed E-state index contributed by atoms with van der Waals surface area (Å²) in [5, 5.41) is -1.37. The first kappa shape index (κ1) is 21.3. The zero-order valence-corrected chi connectivity index (χ0v) is 18.8. The summed E-state index contributed by atoms with van der Waals surface area (Å²) < 4.78 is 31.6. The van der Waals surface area contributed by atoms with Crippen LogP contribution in [0.1, 0.15) is 32.2 Å². The molecule has 0 atom stereocenters. The molecule has 2 heterocycles. The lowest BCUT2D eigenvalue weighted by atomic mass is 9.84. The van der Waals surface area contributed by atoms with Crippen molar-refractivity contribution in [1.82, 2.24) is 4.57 Å². The number of likely N-dealkylation sites (N-methyl/N-ethyl adjacent to an activating group) is 1. The number of anilines is 1. The van der Waals surface area contributed by atoms with Crippen LogP contribution < -0.4 is 9.47 Å². The molecule has 0 fully saturated rings. The molecule has 0 bridgehead atoms. The summed E-state index contributed by atoms with van der Waals surface area (Å²) in [5.74, 6) is -0.618. The number of nitrogens with zero attached hydrogens (tertiary/aromatic N) is 3. The van der Waals surface area contributed by atoms with E-state index >= 15 is 0 Å². The number of fused-ring (bicyclic) bond motifs is 2. The molecule has 4 rings (SSSR count). The number of rotatable bonds is 4. The van der Waals surface area contributed by atoms with E-state index in [1.807, 2.05) is 55.0 Å². The summed E-state index contributed by atoms with van der Waals surface area (Å²) in [4.78, 5) is 2.17. The molecule has 0 saturated carbocycles. The molecule has 1 aliphatic rings. The minimum Gasteiger partial charge on any atom is -0.347 e. The number of benzene rings is 2. The lowest BCUT2D eigenvalue weighted by Crippen LogP contribution is -2.35. The first-order valence-corrected chi connectivity index (χ1v) is 10.6. The number of halogens is 3. The highest BCUT2D eigenvalue weighted by molar-refractivity contribution is 6.30. The average molecular weight is 441 g/mol. The molecular weight excluding hydrogens is 416 g/mol. The Morgan fingerprint density at radius 1 is 1.10 bits per heavy atom. The summed E-state index contributed by atoms with van der Waals surface area (Å²) in [7, 11) is 2.04. The van der Waals surface area contributed by atoms with E-state index in [1.54, 1.807) is 18.2 Å². The van der Waals surface area contributed by atoms with E-state index < -0.39 is 11.2 Å². The largest absolute Gasteiger partial charge is 0.347 e. The van der Waals surface area contributed by atoms with Crippen LogP contribution >= 0.6 is 11.6 Å². The van der Waals surface area contributed by atoms with Gasteiger partial charge in [0.05, 0.1) is 6.54 Å². The highest BCUT2D eigenvalue weighted by Crippen LogP contribution is 2.46. The molecule has 6 heteroatoms. The number of allylic oxidation sites excluding steroid dienone is 3. The van der Waals surface area contributed by atoms with E-state index in [1.165, 1.54) is 15.8 Å². The van der Waals surface area contributed by atoms with Crippen LogP contribution in [0.4, 0.5) is 14.5 Å². The highest BCUT2D eigenvalue weighted by atomic mass is 35.5. The normalized spacial score (nSPS) is 17.6. The third-order valence-electron chi connectivity index (χ3n) is 6.03. The van der Waals surface area contributed by atoms with Gasteiger partial charge in [0.2, 0.25) is 0 Å². The first-order valence-electron chi connectivity index (χ1n) is 10.3. The van der Waals surface area contributed by atoms with Crippen molar-refractivity contribution in [3.8, 4) is 0 Å². The minimum absolute atomic E-state index is 0.170. The van der Waals surface area contributed by atoms with Gasteiger partial charge in [-0.2, -0.15) is 13.3 Å². The Morgan fingerprint density at radius 3 is 2.45 bits per heavy atom. The topological polar surface area (TPSA) is 12.1 Å². The monoisotopic (exact) mass is 440 g/mol.